The first-order valence-corrected chi connectivity index (χ1v) is 18.2. The number of aliphatic hydroxyl groups is 8. The van der Waals surface area contributed by atoms with E-state index in [1.165, 1.54) is 41.7 Å². The van der Waals surface area contributed by atoms with Gasteiger partial charge in [-0.3, -0.25) is 4.79 Å². The molecule has 0 aromatic carbocycles. The van der Waals surface area contributed by atoms with Gasteiger partial charge in [-0.1, -0.05) is 0 Å². The minimum Gasteiger partial charge on any atom is -0.390 e. The number of unbranched alkanes of at least 4 members (excludes halogenated alkanes) is 1. The number of hydrogen-bond donors (Lipinski definition) is 9. The van der Waals surface area contributed by atoms with Crippen LogP contribution in [0.2, 0.25) is 0 Å². The predicted molar refractivity (Wildman–Crippen MR) is 179 cm³/mol. The highest BCUT2D eigenvalue weighted by atomic mass is 16.8. The van der Waals surface area contributed by atoms with E-state index in [1.54, 1.807) is 6.92 Å². The van der Waals surface area contributed by atoms with Gasteiger partial charge in [-0.25, -0.2) is 0 Å². The zero-order valence-electron chi connectivity index (χ0n) is 31.5. The summed E-state index contributed by atoms with van der Waals surface area (Å²) in [5.41, 5.74) is -1.31. The molecule has 20 atom stereocenters. The molecule has 9 N–H and O–H groups in total. The highest BCUT2D eigenvalue weighted by Crippen LogP contribution is 2.35. The molecule has 4 heterocycles. The van der Waals surface area contributed by atoms with Crippen LogP contribution in [0.3, 0.4) is 0 Å². The van der Waals surface area contributed by atoms with Crippen LogP contribution in [0.1, 0.15) is 60.8 Å². The second-order valence-corrected chi connectivity index (χ2v) is 15.0. The molecule has 314 valence electrons. The Kier molecular flexibility index (Phi) is 16.1. The fraction of sp³-hybridized carbons (Fsp3) is 0.941. The maximum absolute atomic E-state index is 12.5. The number of aldehydes is 1. The van der Waals surface area contributed by atoms with Gasteiger partial charge >= 0.3 is 0 Å². The van der Waals surface area contributed by atoms with Gasteiger partial charge in [-0.05, 0) is 48.0 Å². The number of hydrogen-bond acceptors (Lipinski definition) is 19. The Morgan fingerprint density at radius 3 is 1.65 bits per heavy atom. The smallest absolute Gasteiger partial charge is 0.223 e. The zero-order valence-corrected chi connectivity index (χ0v) is 31.5. The van der Waals surface area contributed by atoms with Crippen LogP contribution in [0, 0.1) is 0 Å². The van der Waals surface area contributed by atoms with Crippen LogP contribution in [0.15, 0.2) is 0 Å². The fourth-order valence-corrected chi connectivity index (χ4v) is 6.86. The summed E-state index contributed by atoms with van der Waals surface area (Å²) in [6, 6.07) is -0.977. The van der Waals surface area contributed by atoms with Gasteiger partial charge in [0.25, 0.3) is 0 Å². The lowest BCUT2D eigenvalue weighted by atomic mass is 9.94. The molecule has 0 aliphatic carbocycles. The molecule has 0 spiro atoms. The highest BCUT2D eigenvalue weighted by molar-refractivity contribution is 5.77. The lowest BCUT2D eigenvalue weighted by Crippen LogP contribution is -2.67. The van der Waals surface area contributed by atoms with E-state index in [4.69, 9.17) is 42.6 Å². The molecular formula is C34H59NO19. The largest absolute Gasteiger partial charge is 0.390 e. The van der Waals surface area contributed by atoms with Crippen molar-refractivity contribution in [2.45, 2.75) is 189 Å². The van der Waals surface area contributed by atoms with Crippen molar-refractivity contribution in [3.63, 3.8) is 0 Å². The van der Waals surface area contributed by atoms with Crippen molar-refractivity contribution in [1.82, 2.24) is 5.32 Å². The van der Waals surface area contributed by atoms with Gasteiger partial charge in [0.15, 0.2) is 25.2 Å². The normalized spacial score (nSPS) is 46.2. The Balaban J connectivity index is 1.47. The molecule has 4 saturated heterocycles. The Bertz CT molecular complexity index is 1190. The number of rotatable bonds is 15. The van der Waals surface area contributed by atoms with Crippen molar-refractivity contribution in [2.75, 3.05) is 13.7 Å². The van der Waals surface area contributed by atoms with Crippen molar-refractivity contribution in [3.05, 3.63) is 0 Å². The van der Waals surface area contributed by atoms with Crippen LogP contribution < -0.4 is 5.32 Å². The van der Waals surface area contributed by atoms with E-state index in [0.29, 0.717) is 12.7 Å². The summed E-state index contributed by atoms with van der Waals surface area (Å²) >= 11 is 0. The molecule has 54 heavy (non-hydrogen) atoms. The number of methoxy groups -OCH3 is 1. The Morgan fingerprint density at radius 2 is 1.13 bits per heavy atom. The van der Waals surface area contributed by atoms with Crippen LogP contribution in [-0.2, 0) is 52.2 Å². The molecule has 4 aliphatic heterocycles. The second kappa shape index (κ2) is 19.3. The number of aliphatic hydroxyl groups excluding tert-OH is 7. The molecule has 0 bridgehead atoms. The fourth-order valence-electron chi connectivity index (χ4n) is 6.86. The minimum absolute atomic E-state index is 0.0487. The number of carbonyl (C=O) groups excluding carboxylic acids is 2. The first kappa shape index (κ1) is 45.2. The lowest BCUT2D eigenvalue weighted by molar-refractivity contribution is -0.387. The van der Waals surface area contributed by atoms with E-state index in [0.717, 1.165) is 0 Å². The van der Waals surface area contributed by atoms with Gasteiger partial charge in [0.05, 0.1) is 49.1 Å². The van der Waals surface area contributed by atoms with Crippen LogP contribution in [0.25, 0.3) is 0 Å². The van der Waals surface area contributed by atoms with Crippen LogP contribution >= 0.6 is 0 Å². The number of amides is 1. The molecule has 0 saturated carbocycles. The predicted octanol–water partition coefficient (Wildman–Crippen LogP) is -3.70. The van der Waals surface area contributed by atoms with Crippen molar-refractivity contribution in [1.29, 1.82) is 0 Å². The third-order valence-electron chi connectivity index (χ3n) is 9.99. The Hall–Kier alpha value is -1.54. The van der Waals surface area contributed by atoms with E-state index in [1.807, 2.05) is 0 Å². The summed E-state index contributed by atoms with van der Waals surface area (Å²) in [5, 5.41) is 90.2. The molecule has 0 aromatic heterocycles. The zero-order chi connectivity index (χ0) is 40.2. The molecular weight excluding hydrogens is 726 g/mol. The molecule has 0 radical (unpaired) electrons. The highest BCUT2D eigenvalue weighted by Gasteiger charge is 2.54. The molecule has 8 unspecified atom stereocenters. The minimum atomic E-state index is -1.80. The topological polar surface area (TPSA) is 291 Å². The lowest BCUT2D eigenvalue weighted by Gasteiger charge is -2.49. The first-order chi connectivity index (χ1) is 25.3. The Morgan fingerprint density at radius 1 is 0.648 bits per heavy atom. The summed E-state index contributed by atoms with van der Waals surface area (Å²) in [7, 11) is 1.26. The third kappa shape index (κ3) is 10.7. The summed E-state index contributed by atoms with van der Waals surface area (Å²) in [5.74, 6) is -0.547. The molecule has 1 amide bonds. The van der Waals surface area contributed by atoms with Gasteiger partial charge in [-0.2, -0.15) is 0 Å². The summed E-state index contributed by atoms with van der Waals surface area (Å²) in [6.45, 7) is 8.95. The first-order valence-electron chi connectivity index (χ1n) is 18.2. The van der Waals surface area contributed by atoms with Gasteiger partial charge in [0.1, 0.15) is 73.4 Å². The third-order valence-corrected chi connectivity index (χ3v) is 9.99. The second-order valence-electron chi connectivity index (χ2n) is 15.0. The van der Waals surface area contributed by atoms with E-state index in [-0.39, 0.29) is 19.4 Å². The van der Waals surface area contributed by atoms with Crippen molar-refractivity contribution < 1.29 is 93.1 Å². The van der Waals surface area contributed by atoms with Gasteiger partial charge in [0.2, 0.25) is 5.91 Å². The Labute approximate surface area is 313 Å². The van der Waals surface area contributed by atoms with E-state index >= 15 is 0 Å². The van der Waals surface area contributed by atoms with Crippen LogP contribution in [0.5, 0.6) is 0 Å². The van der Waals surface area contributed by atoms with Gasteiger partial charge in [-0.15, -0.1) is 0 Å². The maximum Gasteiger partial charge on any atom is 0.223 e. The van der Waals surface area contributed by atoms with Crippen LogP contribution in [0.4, 0.5) is 0 Å². The van der Waals surface area contributed by atoms with Crippen molar-refractivity contribution in [3.8, 4) is 0 Å². The quantitative estimate of drug-likeness (QED) is 0.0570. The summed E-state index contributed by atoms with van der Waals surface area (Å²) in [4.78, 5) is 23.3. The summed E-state index contributed by atoms with van der Waals surface area (Å²) in [6.07, 6.45) is -25.4. The van der Waals surface area contributed by atoms with Crippen LogP contribution in [-0.4, -0.2) is 195 Å². The average Bonchev–Trinajstić information content (AvgIpc) is 3.09. The van der Waals surface area contributed by atoms with Crippen molar-refractivity contribution in [2.24, 2.45) is 0 Å². The van der Waals surface area contributed by atoms with E-state index < -0.39 is 134 Å². The van der Waals surface area contributed by atoms with Gasteiger partial charge in [0, 0.05) is 13.5 Å². The monoisotopic (exact) mass is 785 g/mol. The van der Waals surface area contributed by atoms with Gasteiger partial charge < -0.3 is 93.6 Å². The molecule has 0 aromatic rings. The average molecular weight is 786 g/mol. The molecule has 20 nitrogen and oxygen atoms in total. The molecule has 4 fully saturated rings. The standard InChI is InChI=1S/C34H59NO19/c1-13-18(35-17(37)12-34(5,6)45)22(41)28(46-7)33(48-13)53-27-21(40)16(4)49-30(25(27)44)52-26-20(39)15(3)50-31(24(26)43)54-29-23(42)19(38)14(2)51-32(29)47-11-9-8-10-36/h10,13-16,18-33,38-45H,8-9,11-12H2,1-7H3,(H,35,37)/t13?,14?,15?,16?,18-,19-,20-,21-,22-,23+,24?,25?,26+,27+,28?,29?,30-,31-,32+,33-/m0/s1. The van der Waals surface area contributed by atoms with Crippen molar-refractivity contribution >= 4 is 12.2 Å². The summed E-state index contributed by atoms with van der Waals surface area (Å²) < 4.78 is 52.1. The number of nitrogens with one attached hydrogen (secondary N) is 1. The molecule has 4 aliphatic rings. The van der Waals surface area contributed by atoms with E-state index in [9.17, 15) is 50.4 Å². The maximum atomic E-state index is 12.5. The number of ether oxygens (including phenoxy) is 9. The number of carbonyl (C=O) groups is 2. The molecule has 4 rings (SSSR count). The van der Waals surface area contributed by atoms with E-state index in [2.05, 4.69) is 5.32 Å². The SMILES string of the molecule is COC1[C@H](O[C@H]2C(O)[C@H](O[C@H]3C(O)[C@H](OC4[C@H](OCCCC=O)OC(C)[C@H](O)[C@H]4O)OC(C)[C@@H]3O)OC(C)[C@@H]2O)OC(C)[C@H](NC(=O)CC(C)(C)O)[C@@H]1O. The molecule has 20 heteroatoms.